The third kappa shape index (κ3) is 4.35. The van der Waals surface area contributed by atoms with Gasteiger partial charge >= 0.3 is 6.03 Å². The van der Waals surface area contributed by atoms with Crippen LogP contribution in [0.1, 0.15) is 19.0 Å². The minimum Gasteiger partial charge on any atom is -0.340 e. The Kier molecular flexibility index (Phi) is 5.83. The maximum Gasteiger partial charge on any atom is 0.320 e. The molecule has 4 aromatic rings. The van der Waals surface area contributed by atoms with Crippen LogP contribution in [0, 0.1) is 0 Å². The minimum absolute atomic E-state index is 0.156. The van der Waals surface area contributed by atoms with Crippen molar-refractivity contribution in [1.29, 1.82) is 0 Å². The molecule has 10 heteroatoms. The molecule has 0 radical (unpaired) electrons. The van der Waals surface area contributed by atoms with E-state index in [1.807, 2.05) is 27.4 Å². The summed E-state index contributed by atoms with van der Waals surface area (Å²) in [5, 5.41) is 4.38. The van der Waals surface area contributed by atoms with Gasteiger partial charge in [-0.05, 0) is 42.8 Å². The molecule has 6 rings (SSSR count). The SMILES string of the molecule is CCN1CCN(C(=O)N2CC=C(c3cc4c(Nc5ccc6ncsc6c5)ncnc4[nH]3)CC2)CC1. The number of hydrogen-bond acceptors (Lipinski definition) is 7. The normalized spacial score (nSPS) is 17.2. The van der Waals surface area contributed by atoms with Crippen molar-refractivity contribution < 1.29 is 4.79 Å². The number of piperazine rings is 1. The fraction of sp³-hybridized carbons (Fsp3) is 0.360. The quantitative estimate of drug-likeness (QED) is 0.448. The highest BCUT2D eigenvalue weighted by molar-refractivity contribution is 7.16. The van der Waals surface area contributed by atoms with Crippen molar-refractivity contribution in [3.8, 4) is 0 Å². The van der Waals surface area contributed by atoms with E-state index in [9.17, 15) is 4.79 Å². The molecule has 1 saturated heterocycles. The van der Waals surface area contributed by atoms with Gasteiger partial charge in [0.05, 0.1) is 21.1 Å². The van der Waals surface area contributed by atoms with Gasteiger partial charge in [0.1, 0.15) is 17.8 Å². The summed E-state index contributed by atoms with van der Waals surface area (Å²) >= 11 is 1.62. The molecule has 180 valence electrons. The molecule has 0 unspecified atom stereocenters. The van der Waals surface area contributed by atoms with Crippen molar-refractivity contribution in [2.75, 3.05) is 51.1 Å². The monoisotopic (exact) mass is 488 g/mol. The molecule has 3 aromatic heterocycles. The number of aromatic nitrogens is 4. The van der Waals surface area contributed by atoms with Crippen molar-refractivity contribution in [2.24, 2.45) is 0 Å². The number of carbonyl (C=O) groups excluding carboxylic acids is 1. The van der Waals surface area contributed by atoms with Gasteiger partial charge in [0.25, 0.3) is 0 Å². The summed E-state index contributed by atoms with van der Waals surface area (Å²) in [6.45, 7) is 8.11. The molecule has 0 atom stereocenters. The number of fused-ring (bicyclic) bond motifs is 2. The number of nitrogens with one attached hydrogen (secondary N) is 2. The second kappa shape index (κ2) is 9.27. The Hall–Kier alpha value is -3.50. The minimum atomic E-state index is 0.156. The molecule has 9 nitrogen and oxygen atoms in total. The fourth-order valence-electron chi connectivity index (χ4n) is 4.82. The molecule has 2 aliphatic heterocycles. The molecule has 2 amide bonds. The van der Waals surface area contributed by atoms with Crippen LogP contribution in [0.4, 0.5) is 16.3 Å². The molecule has 0 bridgehead atoms. The Morgan fingerprint density at radius 3 is 2.77 bits per heavy atom. The number of aromatic amines is 1. The summed E-state index contributed by atoms with van der Waals surface area (Å²) in [5.74, 6) is 0.765. The molecule has 5 heterocycles. The Bertz CT molecular complexity index is 1400. The number of hydrogen-bond donors (Lipinski definition) is 2. The number of rotatable bonds is 4. The van der Waals surface area contributed by atoms with E-state index in [1.165, 1.54) is 5.57 Å². The summed E-state index contributed by atoms with van der Waals surface area (Å²) in [7, 11) is 0. The molecule has 1 fully saturated rings. The highest BCUT2D eigenvalue weighted by atomic mass is 32.1. The Labute approximate surface area is 207 Å². The Morgan fingerprint density at radius 1 is 1.09 bits per heavy atom. The first-order valence-corrected chi connectivity index (χ1v) is 13.0. The zero-order valence-corrected chi connectivity index (χ0v) is 20.5. The van der Waals surface area contributed by atoms with Crippen LogP contribution in [0.5, 0.6) is 0 Å². The predicted octanol–water partition coefficient (Wildman–Crippen LogP) is 4.16. The lowest BCUT2D eigenvalue weighted by atomic mass is 10.0. The number of benzene rings is 1. The van der Waals surface area contributed by atoms with Gasteiger partial charge in [0, 0.05) is 50.6 Å². The van der Waals surface area contributed by atoms with Crippen molar-refractivity contribution in [3.05, 3.63) is 47.9 Å². The third-order valence-corrected chi connectivity index (χ3v) is 7.73. The van der Waals surface area contributed by atoms with Crippen LogP contribution in [-0.2, 0) is 0 Å². The summed E-state index contributed by atoms with van der Waals surface area (Å²) in [6.07, 6.45) is 4.54. The van der Waals surface area contributed by atoms with Crippen LogP contribution < -0.4 is 5.32 Å². The van der Waals surface area contributed by atoms with E-state index >= 15 is 0 Å². The molecule has 35 heavy (non-hydrogen) atoms. The number of thiazole rings is 1. The predicted molar refractivity (Wildman–Crippen MR) is 140 cm³/mol. The standard InChI is InChI=1S/C25H28N8OS/c1-2-31-9-11-33(12-10-31)25(34)32-7-5-17(6-8-32)21-14-19-23(26-15-27-24(19)30-21)29-18-3-4-20-22(13-18)35-16-28-20/h3-5,13-16H,2,6-12H2,1H3,(H2,26,27,29,30). The lowest BCUT2D eigenvalue weighted by molar-refractivity contribution is 0.117. The van der Waals surface area contributed by atoms with E-state index in [0.717, 1.165) is 84.1 Å². The number of urea groups is 1. The largest absolute Gasteiger partial charge is 0.340 e. The molecular weight excluding hydrogens is 460 g/mol. The fourth-order valence-corrected chi connectivity index (χ4v) is 5.54. The summed E-state index contributed by atoms with van der Waals surface area (Å²) in [6, 6.07) is 8.38. The van der Waals surface area contributed by atoms with E-state index in [-0.39, 0.29) is 6.03 Å². The second-order valence-electron chi connectivity index (χ2n) is 8.96. The van der Waals surface area contributed by atoms with Crippen molar-refractivity contribution >= 4 is 55.7 Å². The lowest BCUT2D eigenvalue weighted by Crippen LogP contribution is -2.53. The van der Waals surface area contributed by atoms with Gasteiger partial charge in [-0.3, -0.25) is 0 Å². The topological polar surface area (TPSA) is 93.3 Å². The van der Waals surface area contributed by atoms with Crippen molar-refractivity contribution in [2.45, 2.75) is 13.3 Å². The molecule has 0 aliphatic carbocycles. The average molecular weight is 489 g/mol. The second-order valence-corrected chi connectivity index (χ2v) is 9.84. The van der Waals surface area contributed by atoms with Crippen LogP contribution in [0.25, 0.3) is 26.8 Å². The van der Waals surface area contributed by atoms with Gasteiger partial charge in [-0.25, -0.2) is 19.7 Å². The van der Waals surface area contributed by atoms with Crippen LogP contribution >= 0.6 is 11.3 Å². The van der Waals surface area contributed by atoms with Crippen LogP contribution in [0.2, 0.25) is 0 Å². The van der Waals surface area contributed by atoms with Gasteiger partial charge in [0.15, 0.2) is 0 Å². The Morgan fingerprint density at radius 2 is 1.97 bits per heavy atom. The maximum atomic E-state index is 13.0. The number of carbonyl (C=O) groups is 1. The first-order valence-electron chi connectivity index (χ1n) is 12.1. The number of nitrogens with zero attached hydrogens (tertiary/aromatic N) is 6. The van der Waals surface area contributed by atoms with E-state index < -0.39 is 0 Å². The summed E-state index contributed by atoms with van der Waals surface area (Å²) in [4.78, 5) is 36.0. The van der Waals surface area contributed by atoms with Gasteiger partial charge in [-0.15, -0.1) is 11.3 Å². The van der Waals surface area contributed by atoms with Gasteiger partial charge in [-0.1, -0.05) is 13.0 Å². The average Bonchev–Trinajstić information content (AvgIpc) is 3.56. The van der Waals surface area contributed by atoms with Crippen molar-refractivity contribution in [3.63, 3.8) is 0 Å². The first-order chi connectivity index (χ1) is 17.2. The van der Waals surface area contributed by atoms with Gasteiger partial charge in [0.2, 0.25) is 0 Å². The molecule has 1 aromatic carbocycles. The van der Waals surface area contributed by atoms with Crippen molar-refractivity contribution in [1.82, 2.24) is 34.6 Å². The summed E-state index contributed by atoms with van der Waals surface area (Å²) in [5.41, 5.74) is 6.86. The smallest absolute Gasteiger partial charge is 0.320 e. The highest BCUT2D eigenvalue weighted by Gasteiger charge is 2.26. The van der Waals surface area contributed by atoms with E-state index in [1.54, 1.807) is 17.7 Å². The van der Waals surface area contributed by atoms with E-state index in [2.05, 4.69) is 55.3 Å². The molecule has 2 N–H and O–H groups in total. The van der Waals surface area contributed by atoms with Crippen LogP contribution in [0.15, 0.2) is 42.2 Å². The Balaban J connectivity index is 1.17. The first kappa shape index (κ1) is 22.0. The van der Waals surface area contributed by atoms with Crippen LogP contribution in [-0.4, -0.2) is 86.5 Å². The molecule has 0 saturated carbocycles. The molecular formula is C25H28N8OS. The van der Waals surface area contributed by atoms with E-state index in [0.29, 0.717) is 6.54 Å². The molecule has 2 aliphatic rings. The third-order valence-electron chi connectivity index (χ3n) is 6.94. The van der Waals surface area contributed by atoms with Gasteiger partial charge < -0.3 is 25.0 Å². The van der Waals surface area contributed by atoms with Gasteiger partial charge in [-0.2, -0.15) is 0 Å². The highest BCUT2D eigenvalue weighted by Crippen LogP contribution is 2.30. The zero-order valence-electron chi connectivity index (χ0n) is 19.7. The lowest BCUT2D eigenvalue weighted by Gasteiger charge is -2.38. The number of H-pyrrole nitrogens is 1. The van der Waals surface area contributed by atoms with E-state index in [4.69, 9.17) is 0 Å². The molecule has 0 spiro atoms. The maximum absolute atomic E-state index is 13.0. The number of likely N-dealkylation sites (N-methyl/N-ethyl adjacent to an activating group) is 1. The number of anilines is 2. The van der Waals surface area contributed by atoms with Crippen LogP contribution in [0.3, 0.4) is 0 Å². The summed E-state index contributed by atoms with van der Waals surface area (Å²) < 4.78 is 1.13. The number of amides is 2. The zero-order chi connectivity index (χ0) is 23.8.